The van der Waals surface area contributed by atoms with E-state index in [1.165, 1.54) is 38.5 Å². The summed E-state index contributed by atoms with van der Waals surface area (Å²) in [5.41, 5.74) is 18.8. The van der Waals surface area contributed by atoms with Crippen LogP contribution in [0.25, 0.3) is 0 Å². The summed E-state index contributed by atoms with van der Waals surface area (Å²) >= 11 is 0. The number of fused-ring (bicyclic) bond motifs is 18. The number of carboxylic acid groups (broad SMARTS) is 1. The van der Waals surface area contributed by atoms with Crippen molar-refractivity contribution in [1.29, 1.82) is 10.5 Å². The number of piperazine rings is 2. The zero-order valence-electron chi connectivity index (χ0n) is 52.8. The number of aliphatic carboxylic acids is 1. The van der Waals surface area contributed by atoms with Crippen molar-refractivity contribution < 1.29 is 142 Å². The molecule has 10 atom stereocenters. The summed E-state index contributed by atoms with van der Waals surface area (Å²) in [5.74, 6) is 3.64. The molecule has 8 aliphatic heterocycles. The van der Waals surface area contributed by atoms with Crippen molar-refractivity contribution in [2.75, 3.05) is 40.8 Å². The smallest absolute Gasteiger partial charge is 0.303 e. The number of likely N-dealkylation sites (N-methyl/N-ethyl adjacent to an activating group) is 2. The second-order valence-corrected chi connectivity index (χ2v) is 26.6. The topological polar surface area (TPSA) is 271 Å². The fraction of sp³-hybridized carbons (Fsp3) is 0.588. The number of hydrogen-bond acceptors (Lipinski definition) is 17. The molecule has 2 saturated carbocycles. The molecule has 4 aromatic rings. The van der Waals surface area contributed by atoms with Gasteiger partial charge in [-0.25, -0.2) is 0 Å². The largest absolute Gasteiger partial charge is 0.507 e. The van der Waals surface area contributed by atoms with Gasteiger partial charge in [-0.2, -0.15) is 10.5 Å². The molecule has 2 radical (unpaired) electrons. The van der Waals surface area contributed by atoms with Crippen molar-refractivity contribution >= 4 is 11.9 Å². The minimum atomic E-state index is -0.632. The molecule has 0 aromatic heterocycles. The molecule has 8 heterocycles. The van der Waals surface area contributed by atoms with E-state index in [0.717, 1.165) is 92.4 Å². The third-order valence-electron chi connectivity index (χ3n) is 22.0. The SMILES string of the molecule is Cc1cc2c(c(O)c1C)[C@@H]1C3Cc4c(O)c(C)c5c(c4[C@H](CN)N3[C@@H](C#N)[C@H](C2)N1C)OCO5.Cc1cc2c(c(O)c1C)[C@@H]1C3Cc4c(O)c(C)c5c(c4[C@H](CNC(=O)CC4CCCCC4)N3[C@@H](C#N)[C@H](C2)N1C)OCO5.O=C(O)CC1CCCCC1.[Ac].[Ac]. The molecule has 2 saturated heterocycles. The Morgan fingerprint density at radius 1 is 0.562 bits per heavy atom. The summed E-state index contributed by atoms with van der Waals surface area (Å²) in [6, 6.07) is 7.11. The van der Waals surface area contributed by atoms with Gasteiger partial charge in [0.15, 0.2) is 23.0 Å². The Balaban J connectivity index is 0.000000169. The van der Waals surface area contributed by atoms with Crippen LogP contribution < -0.4 is 30.0 Å². The molecule has 4 aromatic carbocycles. The van der Waals surface area contributed by atoms with Crippen LogP contribution in [0.4, 0.5) is 0 Å². The van der Waals surface area contributed by atoms with Crippen LogP contribution in [0.15, 0.2) is 12.1 Å². The number of phenolic OH excluding ortho intramolecular Hbond substituents is 4. The number of ether oxygens (including phenoxy) is 4. The predicted molar refractivity (Wildman–Crippen MR) is 324 cm³/mol. The molecule has 1 amide bonds. The first-order valence-electron chi connectivity index (χ1n) is 31.7. The number of nitriles is 2. The third-order valence-corrected chi connectivity index (χ3v) is 22.0. The quantitative estimate of drug-likeness (QED) is 0.0909. The molecule has 8 N–H and O–H groups in total. The van der Waals surface area contributed by atoms with Crippen LogP contribution in [-0.2, 0) is 35.3 Å². The number of nitrogens with zero attached hydrogens (tertiary/aromatic N) is 6. The van der Waals surface area contributed by atoms with Gasteiger partial charge in [-0.15, -0.1) is 0 Å². The summed E-state index contributed by atoms with van der Waals surface area (Å²) < 4.78 is 23.4. The zero-order chi connectivity index (χ0) is 61.6. The Hall–Kier alpha value is -4.12. The van der Waals surface area contributed by atoms with E-state index < -0.39 is 24.1 Å². The van der Waals surface area contributed by atoms with Crippen molar-refractivity contribution in [3.8, 4) is 58.1 Å². The monoisotopic (exact) mass is 1640 g/mol. The number of amides is 1. The first kappa shape index (κ1) is 67.8. The molecule has 4 fully saturated rings. The van der Waals surface area contributed by atoms with Crippen molar-refractivity contribution in [2.24, 2.45) is 17.6 Å². The van der Waals surface area contributed by atoms with E-state index in [0.29, 0.717) is 103 Å². The summed E-state index contributed by atoms with van der Waals surface area (Å²) in [6.45, 7) is 12.3. The predicted octanol–water partition coefficient (Wildman–Crippen LogP) is 9.13. The molecular weight excluding hydrogens is 1560 g/mol. The minimum absolute atomic E-state index is 0. The van der Waals surface area contributed by atoms with E-state index in [2.05, 4.69) is 56.2 Å². The fourth-order valence-electron chi connectivity index (χ4n) is 17.4. The van der Waals surface area contributed by atoms with Crippen LogP contribution in [0, 0.1) is 164 Å². The summed E-state index contributed by atoms with van der Waals surface area (Å²) in [7, 11) is 4.10. The number of carbonyl (C=O) groups excluding carboxylic acids is 1. The van der Waals surface area contributed by atoms with E-state index in [-0.39, 0.29) is 168 Å². The molecule has 21 heteroatoms. The van der Waals surface area contributed by atoms with E-state index in [9.17, 15) is 40.5 Å². The number of carbonyl (C=O) groups is 2. The van der Waals surface area contributed by atoms with Gasteiger partial charge in [-0.3, -0.25) is 29.2 Å². The third kappa shape index (κ3) is 11.7. The molecule has 4 bridgehead atoms. The van der Waals surface area contributed by atoms with Gasteiger partial charge in [0.2, 0.25) is 19.5 Å². The van der Waals surface area contributed by atoms with Crippen LogP contribution in [-0.4, -0.2) is 134 Å². The Kier molecular flexibility index (Phi) is 20.9. The van der Waals surface area contributed by atoms with Gasteiger partial charge in [-0.1, -0.05) is 50.7 Å². The van der Waals surface area contributed by atoms with E-state index >= 15 is 0 Å². The number of carboxylic acids is 1. The van der Waals surface area contributed by atoms with Gasteiger partial charge >= 0.3 is 5.97 Å². The summed E-state index contributed by atoms with van der Waals surface area (Å²) in [4.78, 5) is 32.6. The zero-order valence-corrected chi connectivity index (χ0v) is 62.3. The van der Waals surface area contributed by atoms with Gasteiger partial charge in [0.25, 0.3) is 0 Å². The maximum Gasteiger partial charge on any atom is 0.303 e. The Bertz CT molecular complexity index is 3500. The van der Waals surface area contributed by atoms with Crippen LogP contribution in [0.3, 0.4) is 0 Å². The number of phenols is 4. The minimum Gasteiger partial charge on any atom is -0.507 e. The van der Waals surface area contributed by atoms with Crippen LogP contribution >= 0.6 is 0 Å². The molecule has 10 aliphatic rings. The second kappa shape index (κ2) is 27.5. The first-order chi connectivity index (χ1) is 41.8. The molecule has 89 heavy (non-hydrogen) atoms. The van der Waals surface area contributed by atoms with Gasteiger partial charge in [-0.05, 0) is 152 Å². The molecule has 2 aliphatic carbocycles. The first-order valence-corrected chi connectivity index (χ1v) is 31.7. The molecule has 2 unspecified atom stereocenters. The van der Waals surface area contributed by atoms with Gasteiger partial charge in [0.1, 0.15) is 35.1 Å². The molecule has 19 nitrogen and oxygen atoms in total. The molecule has 0 spiro atoms. The normalized spacial score (nSPS) is 27.0. The number of benzene rings is 4. The van der Waals surface area contributed by atoms with Gasteiger partial charge < -0.3 is 55.5 Å². The Morgan fingerprint density at radius 2 is 0.966 bits per heavy atom. The van der Waals surface area contributed by atoms with E-state index in [1.54, 1.807) is 0 Å². The number of nitrogens with one attached hydrogen (secondary N) is 1. The summed E-state index contributed by atoms with van der Waals surface area (Å²) in [5, 5.41) is 78.5. The molecule has 470 valence electrons. The van der Waals surface area contributed by atoms with Crippen molar-refractivity contribution in [3.63, 3.8) is 0 Å². The number of rotatable bonds is 7. The number of hydrogen-bond donors (Lipinski definition) is 7. The van der Waals surface area contributed by atoms with Crippen molar-refractivity contribution in [3.05, 3.63) is 90.0 Å². The van der Waals surface area contributed by atoms with Gasteiger partial charge in [0, 0.05) is 183 Å². The number of aryl methyl sites for hydroxylation is 2. The van der Waals surface area contributed by atoms with Crippen molar-refractivity contribution in [2.45, 2.75) is 205 Å². The van der Waals surface area contributed by atoms with Crippen LogP contribution in [0.5, 0.6) is 46.0 Å². The van der Waals surface area contributed by atoms with Crippen LogP contribution in [0.2, 0.25) is 0 Å². The molecular formula is C68H86Ac2N8O11. The average Bonchev–Trinajstić information content (AvgIpc) is 1.32. The van der Waals surface area contributed by atoms with E-state index in [4.69, 9.17) is 29.8 Å². The second-order valence-electron chi connectivity index (χ2n) is 26.6. The Morgan fingerprint density at radius 3 is 1.38 bits per heavy atom. The number of aromatic hydroxyl groups is 4. The maximum absolute atomic E-state index is 13.3. The van der Waals surface area contributed by atoms with Gasteiger partial charge in [0.05, 0.1) is 36.3 Å². The fourth-order valence-corrected chi connectivity index (χ4v) is 17.4. The van der Waals surface area contributed by atoms with Crippen molar-refractivity contribution in [1.82, 2.24) is 24.9 Å². The Labute approximate surface area is 594 Å². The van der Waals surface area contributed by atoms with Crippen LogP contribution in [0.1, 0.15) is 179 Å². The standard InChI is InChI=1S/C34H42N4O5.C26H30N4O4.C8H14O2.2Ac/c1-17-10-21-12-23-25(14-35)38-24(30(37(23)4)28(21)32(41)18(17)2)13-22-29(34-33(42-16-43-34)19(3)31(22)40)26(38)15-36-27(39)11-20-8-6-5-7-9-20;1-11-5-14-6-16-18(8-27)30-17(22(29(16)4)20(14)24(32)12(11)2)7-15-21(19(30)9-28)26-25(33-10-34-26)13(3)23(15)31;9-8(10)6-7-4-2-1-3-5-7;;/h10,20,23-26,30,40-41H,5-9,11-13,15-16H2,1-4H3,(H,36,39);5,16-19,22,31-32H,6-7,9-10,28H2,1-4H3;7H,1-6H2,(H,9,10);;/t23-,24?,25-,26-,30-;16-,17?,18-,19-,22-;;;/m00.../s1. The number of nitrogens with two attached hydrogens (primary N) is 1. The maximum atomic E-state index is 13.3. The average molecular weight is 1650 g/mol. The van der Waals surface area contributed by atoms with E-state index in [1.807, 2.05) is 48.6 Å². The molecule has 14 rings (SSSR count). The summed E-state index contributed by atoms with van der Waals surface area (Å²) in [6.07, 6.45) is 15.0.